The van der Waals surface area contributed by atoms with Crippen LogP contribution in [-0.4, -0.2) is 56.7 Å². The molecule has 2 heterocycles. The van der Waals surface area contributed by atoms with Crippen molar-refractivity contribution in [1.29, 1.82) is 0 Å². The summed E-state index contributed by atoms with van der Waals surface area (Å²) in [5.74, 6) is -0.822. The Hall–Kier alpha value is -3.66. The Labute approximate surface area is 200 Å². The second kappa shape index (κ2) is 10.1. The molecule has 3 aromatic rings. The molecular formula is C24H25N3O6S. The number of carbonyl (C=O) groups excluding carboxylic acids is 3. The summed E-state index contributed by atoms with van der Waals surface area (Å²) in [6.07, 6.45) is -0.0112. The lowest BCUT2D eigenvalue weighted by atomic mass is 10.1. The Morgan fingerprint density at radius 2 is 1.97 bits per heavy atom. The van der Waals surface area contributed by atoms with E-state index in [1.165, 1.54) is 35.4 Å². The normalized spacial score (nSPS) is 15.4. The third-order valence-corrected chi connectivity index (χ3v) is 6.66. The number of likely N-dealkylation sites (N-methyl/N-ethyl adjacent to an activating group) is 1. The Morgan fingerprint density at radius 3 is 2.68 bits per heavy atom. The van der Waals surface area contributed by atoms with Crippen molar-refractivity contribution in [2.45, 2.75) is 13.3 Å². The molecule has 0 bridgehead atoms. The third-order valence-electron chi connectivity index (χ3n) is 5.60. The fraction of sp³-hybridized carbons (Fsp3) is 0.333. The Balaban J connectivity index is 1.40. The topological polar surface area (TPSA) is 98.3 Å². The maximum absolute atomic E-state index is 12.8. The molecule has 0 radical (unpaired) electrons. The van der Waals surface area contributed by atoms with Crippen molar-refractivity contribution < 1.29 is 28.6 Å². The molecule has 1 saturated heterocycles. The van der Waals surface area contributed by atoms with Gasteiger partial charge >= 0.3 is 5.97 Å². The van der Waals surface area contributed by atoms with Crippen LogP contribution in [0.5, 0.6) is 11.5 Å². The number of methoxy groups -OCH3 is 2. The number of rotatable bonds is 8. The SMILES string of the molecule is CCN(C(=O)COC(=O)[C@@H]1CC(=O)N(c2cc(OC)ccc2OC)C1)c1nc2ccccc2s1. The summed E-state index contributed by atoms with van der Waals surface area (Å²) >= 11 is 1.40. The molecule has 10 heteroatoms. The number of ether oxygens (including phenoxy) is 3. The van der Waals surface area contributed by atoms with E-state index in [4.69, 9.17) is 14.2 Å². The van der Waals surface area contributed by atoms with Gasteiger partial charge in [-0.1, -0.05) is 23.5 Å². The van der Waals surface area contributed by atoms with Crippen molar-refractivity contribution in [1.82, 2.24) is 4.98 Å². The molecule has 2 aromatic carbocycles. The highest BCUT2D eigenvalue weighted by atomic mass is 32.1. The zero-order valence-corrected chi connectivity index (χ0v) is 20.0. The number of aromatic nitrogens is 1. The van der Waals surface area contributed by atoms with Gasteiger partial charge in [-0.3, -0.25) is 19.3 Å². The van der Waals surface area contributed by atoms with Gasteiger partial charge in [-0.2, -0.15) is 0 Å². The van der Waals surface area contributed by atoms with Crippen LogP contribution in [-0.2, 0) is 19.1 Å². The highest BCUT2D eigenvalue weighted by Gasteiger charge is 2.38. The van der Waals surface area contributed by atoms with E-state index in [2.05, 4.69) is 4.98 Å². The number of hydrogen-bond acceptors (Lipinski definition) is 8. The molecule has 1 fully saturated rings. The number of para-hydroxylation sites is 1. The van der Waals surface area contributed by atoms with Crippen LogP contribution in [0.2, 0.25) is 0 Å². The van der Waals surface area contributed by atoms with Crippen molar-refractivity contribution in [3.8, 4) is 11.5 Å². The molecule has 0 N–H and O–H groups in total. The van der Waals surface area contributed by atoms with E-state index in [0.717, 1.165) is 10.2 Å². The number of thiazole rings is 1. The summed E-state index contributed by atoms with van der Waals surface area (Å²) in [7, 11) is 3.04. The molecule has 0 spiro atoms. The molecule has 178 valence electrons. The average molecular weight is 484 g/mol. The summed E-state index contributed by atoms with van der Waals surface area (Å²) in [6, 6.07) is 12.7. The number of anilines is 2. The largest absolute Gasteiger partial charge is 0.497 e. The Morgan fingerprint density at radius 1 is 1.18 bits per heavy atom. The number of amides is 2. The number of hydrogen-bond donors (Lipinski definition) is 0. The van der Waals surface area contributed by atoms with Crippen molar-refractivity contribution in [3.05, 3.63) is 42.5 Å². The van der Waals surface area contributed by atoms with Crippen LogP contribution >= 0.6 is 11.3 Å². The molecule has 1 atom stereocenters. The molecule has 34 heavy (non-hydrogen) atoms. The standard InChI is InChI=1S/C24H25N3O6S/c1-4-26(24-25-17-7-5-6-8-20(17)34-24)22(29)14-33-23(30)15-11-21(28)27(13-15)18-12-16(31-2)9-10-19(18)32-3/h5-10,12,15H,4,11,13-14H2,1-3H3/t15-/m1/s1. The predicted octanol–water partition coefficient (Wildman–Crippen LogP) is 3.26. The quantitative estimate of drug-likeness (QED) is 0.454. The first-order valence-corrected chi connectivity index (χ1v) is 11.6. The molecule has 1 aliphatic rings. The van der Waals surface area contributed by atoms with Gasteiger partial charge in [0, 0.05) is 25.6 Å². The number of nitrogens with zero attached hydrogens (tertiary/aromatic N) is 3. The summed E-state index contributed by atoms with van der Waals surface area (Å²) in [6.45, 7) is 1.93. The van der Waals surface area contributed by atoms with Gasteiger partial charge in [0.15, 0.2) is 11.7 Å². The van der Waals surface area contributed by atoms with E-state index in [1.54, 1.807) is 18.2 Å². The minimum Gasteiger partial charge on any atom is -0.497 e. The van der Waals surface area contributed by atoms with E-state index in [1.807, 2.05) is 31.2 Å². The first-order chi connectivity index (χ1) is 16.4. The van der Waals surface area contributed by atoms with Crippen LogP contribution in [0.4, 0.5) is 10.8 Å². The van der Waals surface area contributed by atoms with Gasteiger partial charge < -0.3 is 19.1 Å². The second-order valence-electron chi connectivity index (χ2n) is 7.65. The highest BCUT2D eigenvalue weighted by molar-refractivity contribution is 7.22. The van der Waals surface area contributed by atoms with Crippen LogP contribution in [0.15, 0.2) is 42.5 Å². The van der Waals surface area contributed by atoms with E-state index in [0.29, 0.717) is 28.9 Å². The summed E-state index contributed by atoms with van der Waals surface area (Å²) in [5.41, 5.74) is 1.33. The minimum atomic E-state index is -0.686. The minimum absolute atomic E-state index is 0.0112. The monoisotopic (exact) mass is 483 g/mol. The lowest BCUT2D eigenvalue weighted by Gasteiger charge is -2.20. The van der Waals surface area contributed by atoms with E-state index in [-0.39, 0.29) is 24.8 Å². The molecule has 2 amide bonds. The molecule has 1 aliphatic heterocycles. The first-order valence-electron chi connectivity index (χ1n) is 10.8. The van der Waals surface area contributed by atoms with Gasteiger partial charge in [0.2, 0.25) is 5.91 Å². The number of carbonyl (C=O) groups is 3. The first kappa shape index (κ1) is 23.5. The predicted molar refractivity (Wildman–Crippen MR) is 129 cm³/mol. The van der Waals surface area contributed by atoms with E-state index >= 15 is 0 Å². The van der Waals surface area contributed by atoms with Crippen molar-refractivity contribution in [2.75, 3.05) is 43.7 Å². The molecule has 4 rings (SSSR count). The van der Waals surface area contributed by atoms with E-state index in [9.17, 15) is 14.4 Å². The lowest BCUT2D eigenvalue weighted by Crippen LogP contribution is -2.35. The average Bonchev–Trinajstić information content (AvgIpc) is 3.46. The van der Waals surface area contributed by atoms with Gasteiger partial charge in [0.25, 0.3) is 5.91 Å². The highest BCUT2D eigenvalue weighted by Crippen LogP contribution is 2.36. The molecule has 0 unspecified atom stereocenters. The zero-order valence-electron chi connectivity index (χ0n) is 19.1. The van der Waals surface area contributed by atoms with Crippen molar-refractivity contribution in [2.24, 2.45) is 5.92 Å². The van der Waals surface area contributed by atoms with Crippen LogP contribution in [0, 0.1) is 5.92 Å². The summed E-state index contributed by atoms with van der Waals surface area (Å²) in [4.78, 5) is 45.6. The Bertz CT molecular complexity index is 1190. The fourth-order valence-corrected chi connectivity index (χ4v) is 4.88. The number of fused-ring (bicyclic) bond motifs is 1. The molecule has 0 aliphatic carbocycles. The number of esters is 1. The zero-order chi connectivity index (χ0) is 24.2. The van der Waals surface area contributed by atoms with Crippen molar-refractivity contribution >= 4 is 50.2 Å². The second-order valence-corrected chi connectivity index (χ2v) is 8.66. The summed E-state index contributed by atoms with van der Waals surface area (Å²) < 4.78 is 16.9. The molecule has 9 nitrogen and oxygen atoms in total. The van der Waals surface area contributed by atoms with Gasteiger partial charge in [0.05, 0.1) is 36.0 Å². The fourth-order valence-electron chi connectivity index (χ4n) is 3.83. The number of benzene rings is 2. The van der Waals surface area contributed by atoms with Crippen molar-refractivity contribution in [3.63, 3.8) is 0 Å². The van der Waals surface area contributed by atoms with Gasteiger partial charge in [-0.05, 0) is 31.2 Å². The molecule has 0 saturated carbocycles. The van der Waals surface area contributed by atoms with Crippen LogP contribution in [0.1, 0.15) is 13.3 Å². The van der Waals surface area contributed by atoms with E-state index < -0.39 is 18.5 Å². The van der Waals surface area contributed by atoms with Gasteiger partial charge in [-0.25, -0.2) is 4.98 Å². The van der Waals surface area contributed by atoms with Gasteiger partial charge in [-0.15, -0.1) is 0 Å². The van der Waals surface area contributed by atoms with Crippen LogP contribution < -0.4 is 19.3 Å². The van der Waals surface area contributed by atoms with Gasteiger partial charge in [0.1, 0.15) is 11.5 Å². The maximum Gasteiger partial charge on any atom is 0.311 e. The molecular weight excluding hydrogens is 458 g/mol. The van der Waals surface area contributed by atoms with Crippen LogP contribution in [0.3, 0.4) is 0 Å². The maximum atomic E-state index is 12.8. The third kappa shape index (κ3) is 4.67. The smallest absolute Gasteiger partial charge is 0.311 e. The van der Waals surface area contributed by atoms with Crippen LogP contribution in [0.25, 0.3) is 10.2 Å². The summed E-state index contributed by atoms with van der Waals surface area (Å²) in [5, 5.41) is 0.553. The Kier molecular flexibility index (Phi) is 6.97. The molecule has 1 aromatic heterocycles. The lowest BCUT2D eigenvalue weighted by molar-refractivity contribution is -0.151.